The Morgan fingerprint density at radius 2 is 2.00 bits per heavy atom. The number of aliphatic hydroxyl groups is 1. The Kier molecular flexibility index (Phi) is 6.60. The fraction of sp³-hybridized carbons (Fsp3) is 0.235. The van der Waals surface area contributed by atoms with Gasteiger partial charge in [-0.05, 0) is 58.7 Å². The lowest BCUT2D eigenvalue weighted by atomic mass is 10.1. The van der Waals surface area contributed by atoms with E-state index in [4.69, 9.17) is 16.3 Å². The zero-order valence-corrected chi connectivity index (χ0v) is 15.1. The van der Waals surface area contributed by atoms with Crippen molar-refractivity contribution in [1.82, 2.24) is 5.32 Å². The second-order valence-electron chi connectivity index (χ2n) is 5.15. The van der Waals surface area contributed by atoms with E-state index in [1.54, 1.807) is 25.1 Å². The molecule has 0 saturated carbocycles. The second kappa shape index (κ2) is 8.46. The van der Waals surface area contributed by atoms with E-state index in [0.717, 1.165) is 0 Å². The second-order valence-corrected chi connectivity index (χ2v) is 6.44. The van der Waals surface area contributed by atoms with Crippen molar-refractivity contribution >= 4 is 33.4 Å². The van der Waals surface area contributed by atoms with Crippen molar-refractivity contribution in [2.75, 3.05) is 6.54 Å². The molecule has 0 spiro atoms. The summed E-state index contributed by atoms with van der Waals surface area (Å²) >= 11 is 9.16. The largest absolute Gasteiger partial charge is 0.480 e. The average Bonchev–Trinajstić information content (AvgIpc) is 2.55. The molecule has 0 saturated heterocycles. The summed E-state index contributed by atoms with van der Waals surface area (Å²) in [6.45, 7) is 1.60. The summed E-state index contributed by atoms with van der Waals surface area (Å²) in [5.74, 6) is -0.273. The molecule has 0 heterocycles. The van der Waals surface area contributed by atoms with Crippen LogP contribution in [0.1, 0.15) is 18.6 Å². The van der Waals surface area contributed by atoms with E-state index in [2.05, 4.69) is 21.2 Å². The molecule has 0 unspecified atom stereocenters. The van der Waals surface area contributed by atoms with Gasteiger partial charge in [-0.3, -0.25) is 4.79 Å². The molecular formula is C17H16BrClFNO3. The van der Waals surface area contributed by atoms with Gasteiger partial charge in [0.25, 0.3) is 5.91 Å². The van der Waals surface area contributed by atoms with E-state index >= 15 is 0 Å². The molecule has 4 nitrogen and oxygen atoms in total. The molecule has 7 heteroatoms. The first-order valence-corrected chi connectivity index (χ1v) is 8.37. The predicted molar refractivity (Wildman–Crippen MR) is 93.6 cm³/mol. The smallest absolute Gasteiger partial charge is 0.260 e. The maximum Gasteiger partial charge on any atom is 0.260 e. The summed E-state index contributed by atoms with van der Waals surface area (Å²) in [6.07, 6.45) is -1.69. The van der Waals surface area contributed by atoms with Crippen molar-refractivity contribution in [2.24, 2.45) is 0 Å². The van der Waals surface area contributed by atoms with Gasteiger partial charge in [-0.25, -0.2) is 4.39 Å². The summed E-state index contributed by atoms with van der Waals surface area (Å²) < 4.78 is 19.1. The summed E-state index contributed by atoms with van der Waals surface area (Å²) in [4.78, 5) is 12.1. The van der Waals surface area contributed by atoms with Crippen molar-refractivity contribution in [2.45, 2.75) is 19.1 Å². The molecule has 1 amide bonds. The van der Waals surface area contributed by atoms with Crippen LogP contribution in [0, 0.1) is 5.82 Å². The van der Waals surface area contributed by atoms with Crippen LogP contribution in [0.15, 0.2) is 46.9 Å². The molecule has 0 aliphatic heterocycles. The maximum absolute atomic E-state index is 12.9. The number of hydrogen-bond acceptors (Lipinski definition) is 3. The van der Waals surface area contributed by atoms with Crippen molar-refractivity contribution in [1.29, 1.82) is 0 Å². The first-order valence-electron chi connectivity index (χ1n) is 7.19. The fourth-order valence-corrected chi connectivity index (χ4v) is 2.73. The molecule has 0 aromatic heterocycles. The topological polar surface area (TPSA) is 58.6 Å². The van der Waals surface area contributed by atoms with Crippen molar-refractivity contribution < 1.29 is 19.0 Å². The van der Waals surface area contributed by atoms with E-state index in [-0.39, 0.29) is 18.3 Å². The van der Waals surface area contributed by atoms with Gasteiger partial charge >= 0.3 is 0 Å². The molecule has 2 rings (SSSR count). The number of aliphatic hydroxyl groups excluding tert-OH is 1. The number of hydrogen-bond donors (Lipinski definition) is 2. The molecule has 2 N–H and O–H groups in total. The van der Waals surface area contributed by atoms with Crippen molar-refractivity contribution in [3.05, 3.63) is 63.3 Å². The number of halogens is 3. The van der Waals surface area contributed by atoms with Gasteiger partial charge in [0.1, 0.15) is 11.6 Å². The Morgan fingerprint density at radius 3 is 2.62 bits per heavy atom. The van der Waals surface area contributed by atoms with Crippen LogP contribution in [-0.4, -0.2) is 23.7 Å². The number of nitrogens with one attached hydrogen (secondary N) is 1. The van der Waals surface area contributed by atoms with Gasteiger partial charge in [0.15, 0.2) is 6.10 Å². The zero-order chi connectivity index (χ0) is 17.7. The lowest BCUT2D eigenvalue weighted by molar-refractivity contribution is -0.127. The predicted octanol–water partition coefficient (Wildman–Crippen LogP) is 3.86. The molecule has 2 aromatic rings. The van der Waals surface area contributed by atoms with E-state index in [9.17, 15) is 14.3 Å². The first-order chi connectivity index (χ1) is 11.4. The highest BCUT2D eigenvalue weighted by atomic mass is 79.9. The minimum absolute atomic E-state index is 0.0000464. The third-order valence-electron chi connectivity index (χ3n) is 3.29. The van der Waals surface area contributed by atoms with Gasteiger partial charge in [-0.15, -0.1) is 0 Å². The van der Waals surface area contributed by atoms with Crippen LogP contribution in [-0.2, 0) is 4.79 Å². The van der Waals surface area contributed by atoms with Gasteiger partial charge in [0.05, 0.1) is 10.6 Å². The highest BCUT2D eigenvalue weighted by Gasteiger charge is 2.17. The molecule has 0 bridgehead atoms. The standard InChI is InChI=1S/C17H16BrClFNO3/c1-10(24-16-7-4-12(19)8-14(16)18)17(23)21-9-15(22)11-2-5-13(20)6-3-11/h2-8,10,15,22H,9H2,1H3,(H,21,23)/t10-,15-/m1/s1. The van der Waals surface area contributed by atoms with Crippen LogP contribution < -0.4 is 10.1 Å². The molecule has 128 valence electrons. The Balaban J connectivity index is 1.88. The van der Waals surface area contributed by atoms with E-state index < -0.39 is 12.2 Å². The van der Waals surface area contributed by atoms with E-state index in [1.807, 2.05) is 0 Å². The number of carbonyl (C=O) groups is 1. The Bertz CT molecular complexity index is 711. The van der Waals surface area contributed by atoms with Gasteiger partial charge in [-0.2, -0.15) is 0 Å². The summed E-state index contributed by atoms with van der Waals surface area (Å²) in [5.41, 5.74) is 0.519. The third kappa shape index (κ3) is 5.19. The average molecular weight is 417 g/mol. The van der Waals surface area contributed by atoms with E-state index in [1.165, 1.54) is 24.3 Å². The van der Waals surface area contributed by atoms with Gasteiger partial charge in [0.2, 0.25) is 0 Å². The normalized spacial score (nSPS) is 13.2. The van der Waals surface area contributed by atoms with Crippen molar-refractivity contribution in [3.8, 4) is 5.75 Å². The minimum Gasteiger partial charge on any atom is -0.480 e. The lowest BCUT2D eigenvalue weighted by Gasteiger charge is -2.17. The van der Waals surface area contributed by atoms with Gasteiger partial charge < -0.3 is 15.2 Å². The highest BCUT2D eigenvalue weighted by Crippen LogP contribution is 2.28. The maximum atomic E-state index is 12.9. The summed E-state index contributed by atoms with van der Waals surface area (Å²) in [5, 5.41) is 13.2. The van der Waals surface area contributed by atoms with Crippen LogP contribution >= 0.6 is 27.5 Å². The molecule has 2 atom stereocenters. The first kappa shape index (κ1) is 18.7. The van der Waals surface area contributed by atoms with Crippen molar-refractivity contribution in [3.63, 3.8) is 0 Å². The molecule has 0 aliphatic carbocycles. The Hall–Kier alpha value is -1.63. The molecule has 0 aliphatic rings. The van der Waals surface area contributed by atoms with Crippen LogP contribution in [0.4, 0.5) is 4.39 Å². The summed E-state index contributed by atoms with van der Waals surface area (Å²) in [6, 6.07) is 10.4. The zero-order valence-electron chi connectivity index (χ0n) is 12.8. The minimum atomic E-state index is -0.927. The third-order valence-corrected chi connectivity index (χ3v) is 4.15. The van der Waals surface area contributed by atoms with Gasteiger partial charge in [-0.1, -0.05) is 23.7 Å². The number of benzene rings is 2. The monoisotopic (exact) mass is 415 g/mol. The van der Waals surface area contributed by atoms with Crippen LogP contribution in [0.5, 0.6) is 5.75 Å². The molecule has 2 aromatic carbocycles. The highest BCUT2D eigenvalue weighted by molar-refractivity contribution is 9.10. The SMILES string of the molecule is C[C@@H](Oc1ccc(Cl)cc1Br)C(=O)NC[C@@H](O)c1ccc(F)cc1. The van der Waals surface area contributed by atoms with Crippen LogP contribution in [0.2, 0.25) is 5.02 Å². The molecule has 24 heavy (non-hydrogen) atoms. The molecule has 0 radical (unpaired) electrons. The quantitative estimate of drug-likeness (QED) is 0.752. The number of ether oxygens (including phenoxy) is 1. The summed E-state index contributed by atoms with van der Waals surface area (Å²) in [7, 11) is 0. The molecular weight excluding hydrogens is 401 g/mol. The Morgan fingerprint density at radius 1 is 1.33 bits per heavy atom. The molecule has 0 fully saturated rings. The van der Waals surface area contributed by atoms with Crippen LogP contribution in [0.25, 0.3) is 0 Å². The number of rotatable bonds is 6. The van der Waals surface area contributed by atoms with E-state index in [0.29, 0.717) is 20.8 Å². The van der Waals surface area contributed by atoms with Crippen LogP contribution in [0.3, 0.4) is 0 Å². The van der Waals surface area contributed by atoms with Gasteiger partial charge in [0, 0.05) is 11.6 Å². The number of amides is 1. The fourth-order valence-electron chi connectivity index (χ4n) is 1.96. The Labute approximate surface area is 152 Å². The lowest BCUT2D eigenvalue weighted by Crippen LogP contribution is -2.38. The number of carbonyl (C=O) groups excluding carboxylic acids is 1.